The first-order valence-electron chi connectivity index (χ1n) is 7.90. The van der Waals surface area contributed by atoms with E-state index in [1.54, 1.807) is 0 Å². The Bertz CT molecular complexity index is 469. The number of nitrogens with zero attached hydrogens (tertiary/aromatic N) is 2. The van der Waals surface area contributed by atoms with Gasteiger partial charge in [0.05, 0.1) is 0 Å². The fourth-order valence-electron chi connectivity index (χ4n) is 3.38. The van der Waals surface area contributed by atoms with Crippen LogP contribution in [0.15, 0.2) is 6.20 Å². The Morgan fingerprint density at radius 1 is 1.30 bits per heavy atom. The minimum absolute atomic E-state index is 0.283. The topological polar surface area (TPSA) is 47.0 Å². The first-order chi connectivity index (χ1) is 9.73. The minimum atomic E-state index is -0.283. The van der Waals surface area contributed by atoms with Crippen molar-refractivity contribution in [3.8, 4) is 0 Å². The summed E-state index contributed by atoms with van der Waals surface area (Å²) >= 11 is 0. The number of hydrogen-bond donors (Lipinski definition) is 1. The second kappa shape index (κ2) is 5.78. The molecule has 1 N–H and O–H groups in total. The third-order valence-corrected chi connectivity index (χ3v) is 4.72. The van der Waals surface area contributed by atoms with E-state index < -0.39 is 0 Å². The van der Waals surface area contributed by atoms with E-state index in [0.717, 1.165) is 31.7 Å². The molecule has 110 valence electrons. The summed E-state index contributed by atoms with van der Waals surface area (Å²) in [5.41, 5.74) is 2.23. The highest BCUT2D eigenvalue weighted by molar-refractivity contribution is 5.24. The summed E-state index contributed by atoms with van der Waals surface area (Å²) in [6, 6.07) is 0.404. The molecule has 4 heteroatoms. The van der Waals surface area contributed by atoms with Crippen LogP contribution < -0.4 is 5.32 Å². The summed E-state index contributed by atoms with van der Waals surface area (Å²) in [5, 5.41) is 3.40. The zero-order chi connectivity index (χ0) is 14.0. The number of hydrogen-bond acceptors (Lipinski definition) is 4. The average molecular weight is 275 g/mol. The lowest BCUT2D eigenvalue weighted by atomic mass is 9.94. The molecule has 1 saturated heterocycles. The molecule has 1 aromatic heterocycles. The third kappa shape index (κ3) is 2.59. The van der Waals surface area contributed by atoms with Gasteiger partial charge in [0.1, 0.15) is 5.60 Å². The molecule has 2 heterocycles. The molecule has 0 spiro atoms. The van der Waals surface area contributed by atoms with E-state index in [1.165, 1.54) is 36.9 Å². The molecule has 0 amide bonds. The Morgan fingerprint density at radius 3 is 2.95 bits per heavy atom. The Balaban J connectivity index is 1.93. The zero-order valence-electron chi connectivity index (χ0n) is 12.6. The van der Waals surface area contributed by atoms with Gasteiger partial charge in [0, 0.05) is 30.1 Å². The predicted octanol–water partition coefficient (Wildman–Crippen LogP) is 2.88. The molecule has 2 aliphatic rings. The SMILES string of the molecule is CNC1CCCCc2nc(C3(C)CCCCO3)ncc21. The van der Waals surface area contributed by atoms with Gasteiger partial charge in [0.2, 0.25) is 0 Å². The van der Waals surface area contributed by atoms with Gasteiger partial charge in [-0.25, -0.2) is 9.97 Å². The summed E-state index contributed by atoms with van der Waals surface area (Å²) < 4.78 is 5.99. The summed E-state index contributed by atoms with van der Waals surface area (Å²) in [5.74, 6) is 0.882. The van der Waals surface area contributed by atoms with E-state index in [1.807, 2.05) is 13.2 Å². The number of rotatable bonds is 2. The van der Waals surface area contributed by atoms with Crippen molar-refractivity contribution < 1.29 is 4.74 Å². The van der Waals surface area contributed by atoms with Gasteiger partial charge in [-0.3, -0.25) is 0 Å². The highest BCUT2D eigenvalue weighted by atomic mass is 16.5. The molecule has 0 saturated carbocycles. The van der Waals surface area contributed by atoms with Crippen LogP contribution in [0.25, 0.3) is 0 Å². The number of ether oxygens (including phenoxy) is 1. The first kappa shape index (κ1) is 14.0. The maximum absolute atomic E-state index is 5.99. The maximum atomic E-state index is 5.99. The summed E-state index contributed by atoms with van der Waals surface area (Å²) in [7, 11) is 2.03. The van der Waals surface area contributed by atoms with Gasteiger partial charge in [-0.05, 0) is 52.5 Å². The van der Waals surface area contributed by atoms with Gasteiger partial charge in [-0.15, -0.1) is 0 Å². The molecule has 1 aliphatic carbocycles. The van der Waals surface area contributed by atoms with Crippen molar-refractivity contribution in [3.63, 3.8) is 0 Å². The van der Waals surface area contributed by atoms with Gasteiger partial charge < -0.3 is 10.1 Å². The Labute approximate surface area is 121 Å². The fraction of sp³-hybridized carbons (Fsp3) is 0.750. The van der Waals surface area contributed by atoms with Crippen LogP contribution in [0.3, 0.4) is 0 Å². The Hall–Kier alpha value is -1.00. The third-order valence-electron chi connectivity index (χ3n) is 4.72. The van der Waals surface area contributed by atoms with Crippen LogP contribution in [0, 0.1) is 0 Å². The van der Waals surface area contributed by atoms with Crippen molar-refractivity contribution >= 4 is 0 Å². The molecule has 0 radical (unpaired) electrons. The molecule has 1 aliphatic heterocycles. The molecule has 20 heavy (non-hydrogen) atoms. The maximum Gasteiger partial charge on any atom is 0.160 e. The molecule has 3 rings (SSSR count). The highest BCUT2D eigenvalue weighted by Crippen LogP contribution is 2.34. The fourth-order valence-corrected chi connectivity index (χ4v) is 3.38. The van der Waals surface area contributed by atoms with Gasteiger partial charge in [0.25, 0.3) is 0 Å². The van der Waals surface area contributed by atoms with Crippen LogP contribution in [0.1, 0.15) is 68.6 Å². The quantitative estimate of drug-likeness (QED) is 0.843. The summed E-state index contributed by atoms with van der Waals surface area (Å²) in [6.45, 7) is 2.97. The average Bonchev–Trinajstić information content (AvgIpc) is 2.69. The van der Waals surface area contributed by atoms with E-state index >= 15 is 0 Å². The Kier molecular flexibility index (Phi) is 4.03. The van der Waals surface area contributed by atoms with Crippen LogP contribution in [-0.2, 0) is 16.8 Å². The van der Waals surface area contributed by atoms with E-state index in [9.17, 15) is 0 Å². The Morgan fingerprint density at radius 2 is 2.20 bits per heavy atom. The van der Waals surface area contributed by atoms with Crippen LogP contribution in [-0.4, -0.2) is 23.6 Å². The molecule has 0 bridgehead atoms. The number of fused-ring (bicyclic) bond motifs is 1. The minimum Gasteiger partial charge on any atom is -0.367 e. The molecular formula is C16H25N3O. The van der Waals surface area contributed by atoms with E-state index in [0.29, 0.717) is 6.04 Å². The highest BCUT2D eigenvalue weighted by Gasteiger charge is 2.34. The molecular weight excluding hydrogens is 250 g/mol. The van der Waals surface area contributed by atoms with Gasteiger partial charge in [0.15, 0.2) is 5.82 Å². The first-order valence-corrected chi connectivity index (χ1v) is 7.90. The molecule has 0 aromatic carbocycles. The lowest BCUT2D eigenvalue weighted by molar-refractivity contribution is -0.0762. The molecule has 2 atom stereocenters. The summed E-state index contributed by atoms with van der Waals surface area (Å²) in [4.78, 5) is 9.54. The lowest BCUT2D eigenvalue weighted by Crippen LogP contribution is -2.33. The normalized spacial score (nSPS) is 30.6. The van der Waals surface area contributed by atoms with Crippen LogP contribution in [0.5, 0.6) is 0 Å². The van der Waals surface area contributed by atoms with Crippen molar-refractivity contribution in [2.24, 2.45) is 0 Å². The number of aryl methyl sites for hydroxylation is 1. The van der Waals surface area contributed by atoms with Crippen LogP contribution >= 0.6 is 0 Å². The second-order valence-corrected chi connectivity index (χ2v) is 6.22. The predicted molar refractivity (Wildman–Crippen MR) is 78.5 cm³/mol. The smallest absolute Gasteiger partial charge is 0.160 e. The standard InChI is InChI=1S/C16H25N3O/c1-16(9-5-6-10-20-16)15-18-11-12-13(17-2)7-3-4-8-14(12)19-15/h11,13,17H,3-10H2,1-2H3. The van der Waals surface area contributed by atoms with E-state index in [2.05, 4.69) is 17.2 Å². The zero-order valence-corrected chi connectivity index (χ0v) is 12.6. The van der Waals surface area contributed by atoms with E-state index in [-0.39, 0.29) is 5.60 Å². The summed E-state index contributed by atoms with van der Waals surface area (Å²) in [6.07, 6.45) is 10.1. The van der Waals surface area contributed by atoms with Gasteiger partial charge >= 0.3 is 0 Å². The molecule has 1 aromatic rings. The number of nitrogens with one attached hydrogen (secondary N) is 1. The lowest BCUT2D eigenvalue weighted by Gasteiger charge is -2.32. The number of aromatic nitrogens is 2. The molecule has 1 fully saturated rings. The monoisotopic (exact) mass is 275 g/mol. The van der Waals surface area contributed by atoms with E-state index in [4.69, 9.17) is 9.72 Å². The van der Waals surface area contributed by atoms with Gasteiger partial charge in [-0.1, -0.05) is 6.42 Å². The van der Waals surface area contributed by atoms with Crippen LogP contribution in [0.4, 0.5) is 0 Å². The second-order valence-electron chi connectivity index (χ2n) is 6.22. The molecule has 2 unspecified atom stereocenters. The molecule has 4 nitrogen and oxygen atoms in total. The van der Waals surface area contributed by atoms with Crippen molar-refractivity contribution in [1.29, 1.82) is 0 Å². The van der Waals surface area contributed by atoms with Gasteiger partial charge in [-0.2, -0.15) is 0 Å². The van der Waals surface area contributed by atoms with Crippen molar-refractivity contribution in [3.05, 3.63) is 23.3 Å². The van der Waals surface area contributed by atoms with Crippen molar-refractivity contribution in [2.75, 3.05) is 13.7 Å². The van der Waals surface area contributed by atoms with Crippen molar-refractivity contribution in [1.82, 2.24) is 15.3 Å². The van der Waals surface area contributed by atoms with Crippen molar-refractivity contribution in [2.45, 2.75) is 63.5 Å². The largest absolute Gasteiger partial charge is 0.367 e. The van der Waals surface area contributed by atoms with Crippen LogP contribution in [0.2, 0.25) is 0 Å².